The number of nitrogens with zero attached hydrogens (tertiary/aromatic N) is 5. The fourth-order valence-corrected chi connectivity index (χ4v) is 3.62. The molecule has 8 nitrogen and oxygen atoms in total. The molecule has 8 heteroatoms. The maximum Gasteiger partial charge on any atom is 0.333 e. The molecule has 1 unspecified atom stereocenters. The number of aromatic amines is 1. The number of carbonyl (C=O) groups is 1. The third kappa shape index (κ3) is 3.50. The van der Waals surface area contributed by atoms with Crippen LogP contribution in [0.4, 0.5) is 5.82 Å². The first-order valence-corrected chi connectivity index (χ1v) is 10.1. The van der Waals surface area contributed by atoms with E-state index in [1.165, 1.54) is 4.57 Å². The number of imidazole rings is 1. The largest absolute Gasteiger partial charge is 0.354 e. The number of anilines is 1. The quantitative estimate of drug-likeness (QED) is 0.718. The monoisotopic (exact) mass is 394 g/mol. The lowest BCUT2D eigenvalue weighted by molar-refractivity contribution is 0.0804. The van der Waals surface area contributed by atoms with Crippen molar-refractivity contribution >= 4 is 22.9 Å². The maximum absolute atomic E-state index is 12.8. The van der Waals surface area contributed by atoms with E-state index in [4.69, 9.17) is 4.98 Å². The van der Waals surface area contributed by atoms with E-state index in [0.717, 1.165) is 19.4 Å². The van der Waals surface area contributed by atoms with Crippen LogP contribution in [0.25, 0.3) is 17.0 Å². The lowest BCUT2D eigenvalue weighted by Gasteiger charge is -2.25. The first kappa shape index (κ1) is 19.2. The van der Waals surface area contributed by atoms with Gasteiger partial charge in [-0.05, 0) is 36.6 Å². The van der Waals surface area contributed by atoms with Gasteiger partial charge in [-0.2, -0.15) is 0 Å². The molecule has 0 aliphatic carbocycles. The molecule has 1 aliphatic heterocycles. The average Bonchev–Trinajstić information content (AvgIpc) is 3.02. The summed E-state index contributed by atoms with van der Waals surface area (Å²) in [4.78, 5) is 41.1. The van der Waals surface area contributed by atoms with Crippen LogP contribution in [0.2, 0.25) is 0 Å². The predicted molar refractivity (Wildman–Crippen MR) is 113 cm³/mol. The fourth-order valence-electron chi connectivity index (χ4n) is 3.62. The summed E-state index contributed by atoms with van der Waals surface area (Å²) in [5, 5.41) is 0. The minimum atomic E-state index is -0.297. The van der Waals surface area contributed by atoms with Gasteiger partial charge in [0.05, 0.1) is 11.1 Å². The summed E-state index contributed by atoms with van der Waals surface area (Å²) in [5.41, 5.74) is 1.45. The Kier molecular flexibility index (Phi) is 5.08. The lowest BCUT2D eigenvalue weighted by atomic mass is 10.0. The van der Waals surface area contributed by atoms with Crippen molar-refractivity contribution in [2.45, 2.75) is 26.7 Å². The molecule has 3 aromatic heterocycles. The first-order chi connectivity index (χ1) is 14.0. The lowest BCUT2D eigenvalue weighted by Crippen LogP contribution is -2.33. The highest BCUT2D eigenvalue weighted by Crippen LogP contribution is 2.26. The number of fused-ring (bicyclic) bond motifs is 2. The van der Waals surface area contributed by atoms with Crippen LogP contribution in [0.1, 0.15) is 37.0 Å². The van der Waals surface area contributed by atoms with Crippen LogP contribution in [0.5, 0.6) is 0 Å². The molecule has 1 amide bonds. The molecule has 4 rings (SSSR count). The topological polar surface area (TPSA) is 87.1 Å². The zero-order valence-corrected chi connectivity index (χ0v) is 17.1. The Balaban J connectivity index is 1.81. The summed E-state index contributed by atoms with van der Waals surface area (Å²) < 4.78 is 1.51. The Morgan fingerprint density at radius 2 is 2.03 bits per heavy atom. The van der Waals surface area contributed by atoms with Crippen molar-refractivity contribution in [3.63, 3.8) is 0 Å². The fraction of sp³-hybridized carbons (Fsp3) is 0.429. The van der Waals surface area contributed by atoms with Crippen LogP contribution in [-0.4, -0.2) is 57.0 Å². The molecule has 0 aromatic carbocycles. The molecule has 1 aliphatic rings. The molecule has 0 fully saturated rings. The number of aromatic nitrogens is 4. The Morgan fingerprint density at radius 3 is 2.83 bits per heavy atom. The van der Waals surface area contributed by atoms with Gasteiger partial charge in [0.25, 0.3) is 5.91 Å². The minimum absolute atomic E-state index is 0.0435. The standard InChI is InChI=1S/C21H26N6O2/c1-4-14(2)9-11-26-13-12-25(3)20(28)15-7-8-17(23-19(15)26)27-16-6-5-10-22-18(16)24-21(27)29/h5-8,10,14H,4,9,11-13H2,1-3H3,(H,22,24,29). The van der Waals surface area contributed by atoms with Gasteiger partial charge in [-0.3, -0.25) is 9.78 Å². The first-order valence-electron chi connectivity index (χ1n) is 10.1. The van der Waals surface area contributed by atoms with Gasteiger partial charge in [-0.1, -0.05) is 20.3 Å². The number of amides is 1. The zero-order valence-electron chi connectivity index (χ0n) is 17.1. The van der Waals surface area contributed by atoms with E-state index in [1.807, 2.05) is 13.1 Å². The number of likely N-dealkylation sites (N-methyl/N-ethyl adjacent to an activating group) is 1. The third-order valence-corrected chi connectivity index (χ3v) is 5.72. The van der Waals surface area contributed by atoms with Gasteiger partial charge < -0.3 is 9.80 Å². The van der Waals surface area contributed by atoms with E-state index in [9.17, 15) is 9.59 Å². The summed E-state index contributed by atoms with van der Waals surface area (Å²) in [5.74, 6) is 1.68. The Hall–Kier alpha value is -3.16. The summed E-state index contributed by atoms with van der Waals surface area (Å²) >= 11 is 0. The normalized spacial score (nSPS) is 15.5. The van der Waals surface area contributed by atoms with Crippen LogP contribution in [0, 0.1) is 5.92 Å². The molecule has 29 heavy (non-hydrogen) atoms. The van der Waals surface area contributed by atoms with Gasteiger partial charge in [-0.25, -0.2) is 19.3 Å². The Bertz CT molecular complexity index is 1100. The highest BCUT2D eigenvalue weighted by atomic mass is 16.2. The summed E-state index contributed by atoms with van der Waals surface area (Å²) in [6, 6.07) is 7.11. The van der Waals surface area contributed by atoms with Crippen molar-refractivity contribution in [3.05, 3.63) is 46.5 Å². The van der Waals surface area contributed by atoms with Crippen molar-refractivity contribution in [2.75, 3.05) is 31.6 Å². The van der Waals surface area contributed by atoms with Crippen LogP contribution in [0.15, 0.2) is 35.3 Å². The molecular formula is C21H26N6O2. The third-order valence-electron chi connectivity index (χ3n) is 5.72. The number of rotatable bonds is 5. The SMILES string of the molecule is CCC(C)CCN1CCN(C)C(=O)c2ccc(-n3c(=O)[nH]c4ncccc43)nc21. The maximum atomic E-state index is 12.8. The van der Waals surface area contributed by atoms with E-state index in [-0.39, 0.29) is 11.6 Å². The van der Waals surface area contributed by atoms with Gasteiger partial charge in [-0.15, -0.1) is 0 Å². The molecule has 1 N–H and O–H groups in total. The number of hydrogen-bond acceptors (Lipinski definition) is 5. The molecule has 152 valence electrons. The van der Waals surface area contributed by atoms with Crippen LogP contribution >= 0.6 is 0 Å². The van der Waals surface area contributed by atoms with Gasteiger partial charge >= 0.3 is 5.69 Å². The van der Waals surface area contributed by atoms with Gasteiger partial charge in [0.15, 0.2) is 5.65 Å². The van der Waals surface area contributed by atoms with Crippen LogP contribution < -0.4 is 10.6 Å². The summed E-state index contributed by atoms with van der Waals surface area (Å²) in [6.45, 7) is 6.60. The molecule has 0 radical (unpaired) electrons. The highest BCUT2D eigenvalue weighted by molar-refractivity contribution is 5.99. The summed E-state index contributed by atoms with van der Waals surface area (Å²) in [7, 11) is 1.81. The number of carbonyl (C=O) groups excluding carboxylic acids is 1. The molecule has 3 aromatic rings. The number of hydrogen-bond donors (Lipinski definition) is 1. The van der Waals surface area contributed by atoms with Crippen molar-refractivity contribution in [1.29, 1.82) is 0 Å². The zero-order chi connectivity index (χ0) is 20.5. The minimum Gasteiger partial charge on any atom is -0.354 e. The predicted octanol–water partition coefficient (Wildman–Crippen LogP) is 2.44. The summed E-state index contributed by atoms with van der Waals surface area (Å²) in [6.07, 6.45) is 3.78. The van der Waals surface area contributed by atoms with Crippen molar-refractivity contribution in [3.8, 4) is 5.82 Å². The molecule has 4 heterocycles. The number of pyridine rings is 2. The van der Waals surface area contributed by atoms with E-state index < -0.39 is 0 Å². The molecule has 1 atom stereocenters. The molecule has 0 saturated heterocycles. The Morgan fingerprint density at radius 1 is 1.21 bits per heavy atom. The second kappa shape index (κ2) is 7.69. The number of nitrogens with one attached hydrogen (secondary N) is 1. The van der Waals surface area contributed by atoms with Crippen molar-refractivity contribution in [2.24, 2.45) is 5.92 Å². The van der Waals surface area contributed by atoms with Crippen LogP contribution in [0.3, 0.4) is 0 Å². The van der Waals surface area contributed by atoms with Gasteiger partial charge in [0, 0.05) is 32.9 Å². The average molecular weight is 394 g/mol. The van der Waals surface area contributed by atoms with Gasteiger partial charge in [0.1, 0.15) is 11.6 Å². The van der Waals surface area contributed by atoms with E-state index >= 15 is 0 Å². The molecule has 0 saturated carbocycles. The second-order valence-electron chi connectivity index (χ2n) is 7.69. The van der Waals surface area contributed by atoms with Crippen LogP contribution in [-0.2, 0) is 0 Å². The smallest absolute Gasteiger partial charge is 0.333 e. The number of H-pyrrole nitrogens is 1. The highest BCUT2D eigenvalue weighted by Gasteiger charge is 2.26. The molecular weight excluding hydrogens is 368 g/mol. The second-order valence-corrected chi connectivity index (χ2v) is 7.69. The van der Waals surface area contributed by atoms with Crippen molar-refractivity contribution in [1.82, 2.24) is 24.4 Å². The van der Waals surface area contributed by atoms with E-state index in [1.54, 1.807) is 29.3 Å². The van der Waals surface area contributed by atoms with E-state index in [2.05, 4.69) is 28.7 Å². The Labute approximate surface area is 169 Å². The molecule has 0 spiro atoms. The van der Waals surface area contributed by atoms with Gasteiger partial charge in [0.2, 0.25) is 0 Å². The van der Waals surface area contributed by atoms with E-state index in [0.29, 0.717) is 47.4 Å². The van der Waals surface area contributed by atoms with Crippen molar-refractivity contribution < 1.29 is 4.79 Å². The molecule has 0 bridgehead atoms.